The molecule has 0 bridgehead atoms. The van der Waals surface area contributed by atoms with Crippen molar-refractivity contribution in [3.8, 4) is 0 Å². The van der Waals surface area contributed by atoms with E-state index in [2.05, 4.69) is 31.9 Å². The fourth-order valence-corrected chi connectivity index (χ4v) is 3.83. The molecule has 1 saturated heterocycles. The summed E-state index contributed by atoms with van der Waals surface area (Å²) in [5.74, 6) is 0.0161. The van der Waals surface area contributed by atoms with Gasteiger partial charge in [0.25, 0.3) is 0 Å². The molecule has 1 heterocycles. The molecule has 1 amide bonds. The standard InChI is InChI=1S/C11H9Br2Cl2NO/c12-6-4-8(14)10(9(15)5-6)16-3-1-2-7(13)11(16)17/h4-5,7H,1-3H2. The van der Waals surface area contributed by atoms with Crippen LogP contribution >= 0.6 is 55.1 Å². The van der Waals surface area contributed by atoms with Gasteiger partial charge in [0.05, 0.1) is 20.6 Å². The highest BCUT2D eigenvalue weighted by Gasteiger charge is 2.30. The van der Waals surface area contributed by atoms with Crippen molar-refractivity contribution in [1.82, 2.24) is 0 Å². The molecule has 92 valence electrons. The molecule has 0 radical (unpaired) electrons. The third kappa shape index (κ3) is 2.80. The van der Waals surface area contributed by atoms with Crippen LogP contribution in [0.2, 0.25) is 10.0 Å². The largest absolute Gasteiger partial charge is 0.309 e. The molecule has 2 rings (SSSR count). The van der Waals surface area contributed by atoms with Gasteiger partial charge in [0.1, 0.15) is 0 Å². The number of carbonyl (C=O) groups is 1. The SMILES string of the molecule is O=C1C(Br)CCCN1c1c(Cl)cc(Br)cc1Cl. The van der Waals surface area contributed by atoms with Crippen LogP contribution in [0.15, 0.2) is 16.6 Å². The second-order valence-electron chi connectivity index (χ2n) is 3.82. The molecule has 1 aromatic carbocycles. The van der Waals surface area contributed by atoms with Gasteiger partial charge in [-0.05, 0) is 25.0 Å². The normalized spacial score (nSPS) is 20.8. The Morgan fingerprint density at radius 3 is 2.47 bits per heavy atom. The Morgan fingerprint density at radius 1 is 1.29 bits per heavy atom. The number of nitrogens with zero attached hydrogens (tertiary/aromatic N) is 1. The van der Waals surface area contributed by atoms with Crippen molar-refractivity contribution in [2.45, 2.75) is 17.7 Å². The predicted octanol–water partition coefficient (Wildman–Crippen LogP) is 4.65. The number of hydrogen-bond acceptors (Lipinski definition) is 1. The van der Waals surface area contributed by atoms with Crippen molar-refractivity contribution in [1.29, 1.82) is 0 Å². The average Bonchev–Trinajstić information content (AvgIpc) is 2.23. The Bertz CT molecular complexity index is 444. The summed E-state index contributed by atoms with van der Waals surface area (Å²) in [7, 11) is 0. The number of benzene rings is 1. The predicted molar refractivity (Wildman–Crippen MR) is 78.5 cm³/mol. The second kappa shape index (κ2) is 5.47. The number of hydrogen-bond donors (Lipinski definition) is 0. The van der Waals surface area contributed by atoms with Crippen molar-refractivity contribution >= 4 is 66.7 Å². The molecule has 0 aliphatic carbocycles. The number of halogens is 4. The number of amides is 1. The molecule has 2 nitrogen and oxygen atoms in total. The number of alkyl halides is 1. The van der Waals surface area contributed by atoms with E-state index in [0.29, 0.717) is 22.3 Å². The van der Waals surface area contributed by atoms with Crippen molar-refractivity contribution in [3.05, 3.63) is 26.7 Å². The summed E-state index contributed by atoms with van der Waals surface area (Å²) in [5.41, 5.74) is 0.602. The summed E-state index contributed by atoms with van der Waals surface area (Å²) in [6.45, 7) is 0.655. The fraction of sp³-hybridized carbons (Fsp3) is 0.364. The lowest BCUT2D eigenvalue weighted by Gasteiger charge is -2.31. The number of rotatable bonds is 1. The maximum Gasteiger partial charge on any atom is 0.240 e. The van der Waals surface area contributed by atoms with E-state index in [0.717, 1.165) is 17.3 Å². The van der Waals surface area contributed by atoms with E-state index in [1.165, 1.54) is 0 Å². The van der Waals surface area contributed by atoms with Crippen LogP contribution in [0.5, 0.6) is 0 Å². The molecule has 0 aromatic heterocycles. The molecule has 1 aliphatic rings. The summed E-state index contributed by atoms with van der Waals surface area (Å²) in [5, 5.41) is 0.971. The summed E-state index contributed by atoms with van der Waals surface area (Å²) in [4.78, 5) is 13.6. The van der Waals surface area contributed by atoms with Crippen LogP contribution in [0, 0.1) is 0 Å². The van der Waals surface area contributed by atoms with Gasteiger partial charge in [-0.2, -0.15) is 0 Å². The quantitative estimate of drug-likeness (QED) is 0.627. The minimum Gasteiger partial charge on any atom is -0.309 e. The van der Waals surface area contributed by atoms with Crippen LogP contribution in [-0.4, -0.2) is 17.3 Å². The lowest BCUT2D eigenvalue weighted by atomic mass is 10.1. The average molecular weight is 402 g/mol. The maximum atomic E-state index is 12.1. The third-order valence-corrected chi connectivity index (χ3v) is 4.51. The molecule has 0 N–H and O–H groups in total. The summed E-state index contributed by atoms with van der Waals surface area (Å²) in [6, 6.07) is 3.49. The van der Waals surface area contributed by atoms with Crippen molar-refractivity contribution in [2.75, 3.05) is 11.4 Å². The van der Waals surface area contributed by atoms with Crippen LogP contribution in [0.1, 0.15) is 12.8 Å². The highest BCUT2D eigenvalue weighted by molar-refractivity contribution is 9.10. The highest BCUT2D eigenvalue weighted by atomic mass is 79.9. The first-order valence-electron chi connectivity index (χ1n) is 5.10. The molecule has 1 atom stereocenters. The molecule has 0 saturated carbocycles. The van der Waals surface area contributed by atoms with Gasteiger partial charge < -0.3 is 4.90 Å². The van der Waals surface area contributed by atoms with Crippen molar-refractivity contribution in [3.63, 3.8) is 0 Å². The molecule has 1 aromatic rings. The Labute approximate surface area is 127 Å². The zero-order valence-electron chi connectivity index (χ0n) is 8.72. The summed E-state index contributed by atoms with van der Waals surface area (Å²) in [6.07, 6.45) is 1.78. The topological polar surface area (TPSA) is 20.3 Å². The van der Waals surface area contributed by atoms with E-state index in [1.54, 1.807) is 17.0 Å². The summed E-state index contributed by atoms with van der Waals surface area (Å²) >= 11 is 19.0. The van der Waals surface area contributed by atoms with Gasteiger partial charge in [-0.15, -0.1) is 0 Å². The first-order valence-corrected chi connectivity index (χ1v) is 7.57. The van der Waals surface area contributed by atoms with Crippen LogP contribution in [-0.2, 0) is 4.79 Å². The van der Waals surface area contributed by atoms with Gasteiger partial charge in [0.15, 0.2) is 0 Å². The monoisotopic (exact) mass is 399 g/mol. The van der Waals surface area contributed by atoms with Gasteiger partial charge in [-0.1, -0.05) is 55.1 Å². The first-order chi connectivity index (χ1) is 8.00. The van der Waals surface area contributed by atoms with Crippen molar-refractivity contribution < 1.29 is 4.79 Å². The van der Waals surface area contributed by atoms with Crippen molar-refractivity contribution in [2.24, 2.45) is 0 Å². The molecular weight excluding hydrogens is 393 g/mol. The zero-order chi connectivity index (χ0) is 12.6. The molecule has 1 unspecified atom stereocenters. The smallest absolute Gasteiger partial charge is 0.240 e. The van der Waals surface area contributed by atoms with E-state index in [9.17, 15) is 4.79 Å². The number of anilines is 1. The molecule has 0 spiro atoms. The first kappa shape index (κ1) is 13.7. The molecule has 6 heteroatoms. The molecule has 17 heavy (non-hydrogen) atoms. The van der Waals surface area contributed by atoms with E-state index in [1.807, 2.05) is 0 Å². The second-order valence-corrected chi connectivity index (χ2v) is 6.65. The Hall–Kier alpha value is 0.230. The summed E-state index contributed by atoms with van der Waals surface area (Å²) < 4.78 is 0.802. The van der Waals surface area contributed by atoms with E-state index in [-0.39, 0.29) is 10.7 Å². The zero-order valence-corrected chi connectivity index (χ0v) is 13.4. The Balaban J connectivity index is 2.43. The van der Waals surface area contributed by atoms with Crippen LogP contribution < -0.4 is 4.90 Å². The molecule has 1 aliphatic heterocycles. The van der Waals surface area contributed by atoms with Gasteiger partial charge in [0, 0.05) is 11.0 Å². The Kier molecular flexibility index (Phi) is 4.40. The Morgan fingerprint density at radius 2 is 1.88 bits per heavy atom. The minimum absolute atomic E-state index is 0.0161. The maximum absolute atomic E-state index is 12.1. The van der Waals surface area contributed by atoms with Gasteiger partial charge in [-0.3, -0.25) is 4.79 Å². The fourth-order valence-electron chi connectivity index (χ4n) is 1.85. The number of carbonyl (C=O) groups excluding carboxylic acids is 1. The minimum atomic E-state index is -0.146. The van der Waals surface area contributed by atoms with E-state index >= 15 is 0 Å². The van der Waals surface area contributed by atoms with Crippen LogP contribution in [0.4, 0.5) is 5.69 Å². The van der Waals surface area contributed by atoms with Crippen LogP contribution in [0.3, 0.4) is 0 Å². The van der Waals surface area contributed by atoms with Crippen LogP contribution in [0.25, 0.3) is 0 Å². The lowest BCUT2D eigenvalue weighted by molar-refractivity contribution is -0.118. The lowest BCUT2D eigenvalue weighted by Crippen LogP contribution is -2.42. The van der Waals surface area contributed by atoms with Gasteiger partial charge >= 0.3 is 0 Å². The molecular formula is C11H9Br2Cl2NO. The van der Waals surface area contributed by atoms with Gasteiger partial charge in [-0.25, -0.2) is 0 Å². The van der Waals surface area contributed by atoms with E-state index in [4.69, 9.17) is 23.2 Å². The van der Waals surface area contributed by atoms with Gasteiger partial charge in [0.2, 0.25) is 5.91 Å². The molecule has 1 fully saturated rings. The number of piperidine rings is 1. The van der Waals surface area contributed by atoms with E-state index < -0.39 is 0 Å². The highest BCUT2D eigenvalue weighted by Crippen LogP contribution is 2.38. The third-order valence-electron chi connectivity index (χ3n) is 2.62.